The van der Waals surface area contributed by atoms with Gasteiger partial charge < -0.3 is 10.6 Å². The predicted molar refractivity (Wildman–Crippen MR) is 83.7 cm³/mol. The molecule has 118 valence electrons. The van der Waals surface area contributed by atoms with E-state index in [0.29, 0.717) is 12.2 Å². The van der Waals surface area contributed by atoms with Crippen LogP contribution < -0.4 is 10.6 Å². The van der Waals surface area contributed by atoms with Gasteiger partial charge in [0.1, 0.15) is 0 Å². The highest BCUT2D eigenvalue weighted by Crippen LogP contribution is 2.17. The fraction of sp³-hybridized carbons (Fsp3) is 0.500. The van der Waals surface area contributed by atoms with E-state index in [0.717, 1.165) is 10.8 Å². The van der Waals surface area contributed by atoms with Crippen LogP contribution in [-0.4, -0.2) is 45.8 Å². The summed E-state index contributed by atoms with van der Waals surface area (Å²) < 4.78 is 25.0. The number of hydrogen-bond acceptors (Lipinski definition) is 4. The second-order valence-corrected chi connectivity index (χ2v) is 7.16. The molecule has 0 spiro atoms. The highest BCUT2D eigenvalue weighted by atomic mass is 32.2. The molecule has 0 fully saturated rings. The lowest BCUT2D eigenvalue weighted by Crippen LogP contribution is -2.30. The summed E-state index contributed by atoms with van der Waals surface area (Å²) in [5, 5.41) is 5.88. The van der Waals surface area contributed by atoms with Crippen LogP contribution in [0.1, 0.15) is 13.8 Å². The monoisotopic (exact) mass is 313 g/mol. The molecule has 1 atom stereocenters. The molecule has 1 unspecified atom stereocenters. The van der Waals surface area contributed by atoms with Gasteiger partial charge in [0.2, 0.25) is 15.9 Å². The van der Waals surface area contributed by atoms with Crippen LogP contribution in [0.3, 0.4) is 0 Å². The van der Waals surface area contributed by atoms with Crippen LogP contribution in [0.5, 0.6) is 0 Å². The van der Waals surface area contributed by atoms with E-state index in [1.807, 2.05) is 13.8 Å². The molecular formula is C14H23N3O3S. The largest absolute Gasteiger partial charge is 0.326 e. The number of amides is 1. The number of anilines is 1. The fourth-order valence-electron chi connectivity index (χ4n) is 1.64. The van der Waals surface area contributed by atoms with Gasteiger partial charge in [0.05, 0.1) is 4.90 Å². The standard InChI is InChI=1S/C14H23N3O3S/c1-5-15-10-11(2)14(18)16-12-6-8-13(9-7-12)21(19,20)17(3)4/h6-9,11,15H,5,10H2,1-4H3,(H,16,18). The lowest BCUT2D eigenvalue weighted by Gasteiger charge is -2.14. The van der Waals surface area contributed by atoms with Gasteiger partial charge in [-0.3, -0.25) is 4.79 Å². The first-order valence-electron chi connectivity index (χ1n) is 6.83. The number of hydrogen-bond donors (Lipinski definition) is 2. The van der Waals surface area contributed by atoms with Gasteiger partial charge in [0, 0.05) is 32.2 Å². The first-order valence-corrected chi connectivity index (χ1v) is 8.27. The van der Waals surface area contributed by atoms with Crippen molar-refractivity contribution in [2.45, 2.75) is 18.7 Å². The zero-order valence-electron chi connectivity index (χ0n) is 12.9. The van der Waals surface area contributed by atoms with Gasteiger partial charge in [0.25, 0.3) is 0 Å². The Morgan fingerprint density at radius 3 is 2.29 bits per heavy atom. The maximum atomic E-state index is 11.9. The summed E-state index contributed by atoms with van der Waals surface area (Å²) in [5.74, 6) is -0.255. The van der Waals surface area contributed by atoms with Gasteiger partial charge in [-0.2, -0.15) is 0 Å². The van der Waals surface area contributed by atoms with Crippen LogP contribution in [-0.2, 0) is 14.8 Å². The normalized spacial score (nSPS) is 13.2. The smallest absolute Gasteiger partial charge is 0.242 e. The Morgan fingerprint density at radius 2 is 1.81 bits per heavy atom. The second-order valence-electron chi connectivity index (χ2n) is 5.01. The molecule has 0 heterocycles. The number of carbonyl (C=O) groups excluding carboxylic acids is 1. The van der Waals surface area contributed by atoms with Crippen LogP contribution in [0.2, 0.25) is 0 Å². The van der Waals surface area contributed by atoms with Crippen LogP contribution >= 0.6 is 0 Å². The van der Waals surface area contributed by atoms with Gasteiger partial charge in [0.15, 0.2) is 0 Å². The van der Waals surface area contributed by atoms with E-state index >= 15 is 0 Å². The van der Waals surface area contributed by atoms with Gasteiger partial charge in [-0.25, -0.2) is 12.7 Å². The summed E-state index contributed by atoms with van der Waals surface area (Å²) in [6.45, 7) is 5.24. The minimum absolute atomic E-state index is 0.0980. The van der Waals surface area contributed by atoms with Crippen molar-refractivity contribution in [1.82, 2.24) is 9.62 Å². The minimum atomic E-state index is -3.44. The summed E-state index contributed by atoms with van der Waals surface area (Å²) in [4.78, 5) is 12.1. The molecule has 2 N–H and O–H groups in total. The third-order valence-electron chi connectivity index (χ3n) is 3.05. The maximum Gasteiger partial charge on any atom is 0.242 e. The average Bonchev–Trinajstić information content (AvgIpc) is 2.45. The third kappa shape index (κ3) is 4.80. The zero-order chi connectivity index (χ0) is 16.0. The van der Waals surface area contributed by atoms with E-state index in [1.165, 1.54) is 26.2 Å². The zero-order valence-corrected chi connectivity index (χ0v) is 13.7. The molecule has 0 aliphatic heterocycles. The molecule has 0 aromatic heterocycles. The Labute approximate surface area is 126 Å². The van der Waals surface area contributed by atoms with E-state index in [1.54, 1.807) is 12.1 Å². The van der Waals surface area contributed by atoms with E-state index < -0.39 is 10.0 Å². The Morgan fingerprint density at radius 1 is 1.24 bits per heavy atom. The number of rotatable bonds is 7. The van der Waals surface area contributed by atoms with Crippen LogP contribution in [0.4, 0.5) is 5.69 Å². The average molecular weight is 313 g/mol. The van der Waals surface area contributed by atoms with Crippen LogP contribution in [0, 0.1) is 5.92 Å². The molecule has 1 amide bonds. The predicted octanol–water partition coefficient (Wildman–Crippen LogP) is 1.12. The highest BCUT2D eigenvalue weighted by Gasteiger charge is 2.17. The summed E-state index contributed by atoms with van der Waals surface area (Å²) in [6, 6.07) is 6.16. The lowest BCUT2D eigenvalue weighted by molar-refractivity contribution is -0.119. The van der Waals surface area contributed by atoms with Crippen molar-refractivity contribution in [2.75, 3.05) is 32.5 Å². The summed E-state index contributed by atoms with van der Waals surface area (Å²) in [5.41, 5.74) is 0.584. The van der Waals surface area contributed by atoms with Gasteiger partial charge >= 0.3 is 0 Å². The van der Waals surface area contributed by atoms with E-state index in [9.17, 15) is 13.2 Å². The van der Waals surface area contributed by atoms with E-state index in [2.05, 4.69) is 10.6 Å². The number of benzene rings is 1. The molecule has 21 heavy (non-hydrogen) atoms. The summed E-state index contributed by atoms with van der Waals surface area (Å²) in [7, 11) is -0.481. The third-order valence-corrected chi connectivity index (χ3v) is 4.88. The topological polar surface area (TPSA) is 78.5 Å². The molecule has 0 saturated carbocycles. The highest BCUT2D eigenvalue weighted by molar-refractivity contribution is 7.89. The van der Waals surface area contributed by atoms with Crippen molar-refractivity contribution in [2.24, 2.45) is 5.92 Å². The fourth-order valence-corrected chi connectivity index (χ4v) is 2.54. The molecule has 0 aliphatic rings. The van der Waals surface area contributed by atoms with Crippen molar-refractivity contribution in [3.63, 3.8) is 0 Å². The van der Waals surface area contributed by atoms with Crippen molar-refractivity contribution in [3.05, 3.63) is 24.3 Å². The van der Waals surface area contributed by atoms with Crippen molar-refractivity contribution >= 4 is 21.6 Å². The minimum Gasteiger partial charge on any atom is -0.326 e. The van der Waals surface area contributed by atoms with Gasteiger partial charge in [-0.1, -0.05) is 13.8 Å². The Kier molecular flexibility index (Phi) is 6.32. The molecule has 1 rings (SSSR count). The Bertz CT molecular complexity index is 568. The second kappa shape index (κ2) is 7.53. The van der Waals surface area contributed by atoms with Crippen LogP contribution in [0.15, 0.2) is 29.2 Å². The molecule has 0 bridgehead atoms. The quantitative estimate of drug-likeness (QED) is 0.791. The van der Waals surface area contributed by atoms with Crippen molar-refractivity contribution in [1.29, 1.82) is 0 Å². The molecule has 0 radical (unpaired) electrons. The molecule has 1 aromatic carbocycles. The number of nitrogens with zero attached hydrogens (tertiary/aromatic N) is 1. The molecular weight excluding hydrogens is 290 g/mol. The first-order chi connectivity index (χ1) is 9.78. The molecule has 1 aromatic rings. The van der Waals surface area contributed by atoms with Gasteiger partial charge in [-0.05, 0) is 30.8 Å². The molecule has 7 heteroatoms. The SMILES string of the molecule is CCNCC(C)C(=O)Nc1ccc(S(=O)(=O)N(C)C)cc1. The first kappa shape index (κ1) is 17.6. The lowest BCUT2D eigenvalue weighted by atomic mass is 10.1. The van der Waals surface area contributed by atoms with E-state index in [4.69, 9.17) is 0 Å². The van der Waals surface area contributed by atoms with Crippen molar-refractivity contribution < 1.29 is 13.2 Å². The number of sulfonamides is 1. The van der Waals surface area contributed by atoms with Crippen molar-refractivity contribution in [3.8, 4) is 0 Å². The number of carbonyl (C=O) groups is 1. The summed E-state index contributed by atoms with van der Waals surface area (Å²) >= 11 is 0. The summed E-state index contributed by atoms with van der Waals surface area (Å²) in [6.07, 6.45) is 0. The maximum absolute atomic E-state index is 11.9. The van der Waals surface area contributed by atoms with Crippen LogP contribution in [0.25, 0.3) is 0 Å². The Balaban J connectivity index is 2.74. The molecule has 6 nitrogen and oxygen atoms in total. The van der Waals surface area contributed by atoms with E-state index in [-0.39, 0.29) is 16.7 Å². The molecule has 0 aliphatic carbocycles. The van der Waals surface area contributed by atoms with Gasteiger partial charge in [-0.15, -0.1) is 0 Å². The molecule has 0 saturated heterocycles. The Hall–Kier alpha value is -1.44. The number of nitrogens with one attached hydrogen (secondary N) is 2.